The van der Waals surface area contributed by atoms with E-state index in [1.54, 1.807) is 6.92 Å². The van der Waals surface area contributed by atoms with Crippen LogP contribution in [0.3, 0.4) is 0 Å². The molecule has 3 N–H and O–H groups in total. The van der Waals surface area contributed by atoms with Crippen molar-refractivity contribution in [3.8, 4) is 0 Å². The van der Waals surface area contributed by atoms with Crippen LogP contribution in [0, 0.1) is 0 Å². The van der Waals surface area contributed by atoms with Gasteiger partial charge in [-0.25, -0.2) is 13.1 Å². The minimum absolute atomic E-state index is 0.0320. The second-order valence-electron chi connectivity index (χ2n) is 3.68. The van der Waals surface area contributed by atoms with Crippen LogP contribution in [0.4, 0.5) is 11.9 Å². The van der Waals surface area contributed by atoms with Crippen molar-refractivity contribution in [2.75, 3.05) is 29.1 Å². The fourth-order valence-corrected chi connectivity index (χ4v) is 1.94. The second kappa shape index (κ2) is 5.85. The first-order valence-electron chi connectivity index (χ1n) is 5.63. The highest BCUT2D eigenvalue weighted by molar-refractivity contribution is 7.91. The molecule has 17 heavy (non-hydrogen) atoms. The highest BCUT2D eigenvalue weighted by Crippen LogP contribution is 2.05. The van der Waals surface area contributed by atoms with Crippen LogP contribution in [-0.4, -0.2) is 41.2 Å². The van der Waals surface area contributed by atoms with E-state index < -0.39 is 9.84 Å². The van der Waals surface area contributed by atoms with Gasteiger partial charge in [0.1, 0.15) is 0 Å². The molecule has 0 fully saturated rings. The zero-order valence-electron chi connectivity index (χ0n) is 10.2. The number of sulfone groups is 1. The topological polar surface area (TPSA) is 103 Å². The van der Waals surface area contributed by atoms with Crippen LogP contribution < -0.4 is 11.1 Å². The van der Waals surface area contributed by atoms with Gasteiger partial charge in [-0.1, -0.05) is 13.8 Å². The number of aryl methyl sites for hydroxylation is 1. The summed E-state index contributed by atoms with van der Waals surface area (Å²) in [6.07, 6.45) is 0.957. The highest BCUT2D eigenvalue weighted by atomic mass is 32.2. The van der Waals surface area contributed by atoms with Crippen molar-refractivity contribution in [2.45, 2.75) is 26.8 Å². The molecular weight excluding hydrogens is 242 g/mol. The number of nitrogens with two attached hydrogens (primary N) is 1. The number of hydrogen-bond acceptors (Lipinski definition) is 6. The van der Waals surface area contributed by atoms with E-state index in [0.717, 1.165) is 13.0 Å². The van der Waals surface area contributed by atoms with Gasteiger partial charge in [0.2, 0.25) is 11.9 Å². The first-order valence-corrected chi connectivity index (χ1v) is 7.45. The third-order valence-electron chi connectivity index (χ3n) is 2.29. The predicted molar refractivity (Wildman–Crippen MR) is 67.5 cm³/mol. The third kappa shape index (κ3) is 4.22. The number of aromatic nitrogens is 3. The zero-order valence-corrected chi connectivity index (χ0v) is 11.0. The molecule has 8 heteroatoms. The van der Waals surface area contributed by atoms with Gasteiger partial charge in [0.05, 0.1) is 12.3 Å². The normalized spacial score (nSPS) is 11.6. The Labute approximate surface area is 101 Å². The Morgan fingerprint density at radius 2 is 2.12 bits per heavy atom. The summed E-state index contributed by atoms with van der Waals surface area (Å²) in [6.45, 7) is 4.65. The van der Waals surface area contributed by atoms with E-state index in [1.807, 2.05) is 6.92 Å². The molecule has 7 nitrogen and oxygen atoms in total. The molecule has 0 saturated carbocycles. The zero-order chi connectivity index (χ0) is 12.9. The van der Waals surface area contributed by atoms with Gasteiger partial charge in [-0.2, -0.15) is 4.98 Å². The molecule has 1 heterocycles. The van der Waals surface area contributed by atoms with Gasteiger partial charge < -0.3 is 11.1 Å². The number of nitrogen functional groups attached to an aromatic ring is 1. The lowest BCUT2D eigenvalue weighted by Crippen LogP contribution is -2.16. The molecule has 0 unspecified atom stereocenters. The number of nitrogens with one attached hydrogen (secondary N) is 1. The second-order valence-corrected chi connectivity index (χ2v) is 6.15. The van der Waals surface area contributed by atoms with E-state index in [9.17, 15) is 8.42 Å². The summed E-state index contributed by atoms with van der Waals surface area (Å²) >= 11 is 0. The molecule has 0 aliphatic heterocycles. The molecule has 0 amide bonds. The molecule has 1 rings (SSSR count). The quantitative estimate of drug-likeness (QED) is 0.722. The van der Waals surface area contributed by atoms with Crippen LogP contribution in [-0.2, 0) is 16.4 Å². The molecular formula is C9H19N5O2S. The van der Waals surface area contributed by atoms with Gasteiger partial charge in [-0.05, 0) is 6.42 Å². The van der Waals surface area contributed by atoms with Gasteiger partial charge in [0.25, 0.3) is 0 Å². The van der Waals surface area contributed by atoms with Crippen molar-refractivity contribution in [3.05, 3.63) is 0 Å². The van der Waals surface area contributed by atoms with Gasteiger partial charge in [0, 0.05) is 12.3 Å². The molecule has 0 spiro atoms. The number of rotatable bonds is 7. The molecule has 98 valence electrons. The minimum Gasteiger partial charge on any atom is -0.368 e. The summed E-state index contributed by atoms with van der Waals surface area (Å²) in [5.41, 5.74) is 5.64. The Hall–Kier alpha value is -1.31. The molecule has 1 aromatic rings. The van der Waals surface area contributed by atoms with Gasteiger partial charge in [0.15, 0.2) is 9.84 Å². The molecule has 0 bridgehead atoms. The van der Waals surface area contributed by atoms with Crippen LogP contribution in [0.5, 0.6) is 0 Å². The summed E-state index contributed by atoms with van der Waals surface area (Å²) in [4.78, 5) is 4.00. The predicted octanol–water partition coefficient (Wildman–Crippen LogP) is 0.117. The SMILES string of the molecule is CCCNc1nc(N)n(CCS(=O)(=O)CC)n1. The van der Waals surface area contributed by atoms with Gasteiger partial charge in [-0.15, -0.1) is 5.10 Å². The van der Waals surface area contributed by atoms with Gasteiger partial charge in [-0.3, -0.25) is 0 Å². The summed E-state index contributed by atoms with van der Waals surface area (Å²) in [5.74, 6) is 0.834. The molecule has 0 aliphatic carbocycles. The average molecular weight is 261 g/mol. The standard InChI is InChI=1S/C9H19N5O2S/c1-3-5-11-9-12-8(10)14(13-9)6-7-17(15,16)4-2/h3-7H2,1-2H3,(H3,10,11,12,13). The molecule has 0 atom stereocenters. The van der Waals surface area contributed by atoms with Crippen LogP contribution >= 0.6 is 0 Å². The first kappa shape index (κ1) is 13.8. The Morgan fingerprint density at radius 1 is 1.41 bits per heavy atom. The van der Waals surface area contributed by atoms with E-state index in [1.165, 1.54) is 4.68 Å². The van der Waals surface area contributed by atoms with E-state index in [2.05, 4.69) is 15.4 Å². The minimum atomic E-state index is -3.01. The summed E-state index contributed by atoms with van der Waals surface area (Å²) in [6, 6.07) is 0. The lowest BCUT2D eigenvalue weighted by Gasteiger charge is -2.02. The van der Waals surface area contributed by atoms with Crippen molar-refractivity contribution >= 4 is 21.7 Å². The number of nitrogens with zero attached hydrogens (tertiary/aromatic N) is 3. The maximum atomic E-state index is 11.3. The Bertz CT molecular complexity index is 454. The van der Waals surface area contributed by atoms with Crippen LogP contribution in [0.2, 0.25) is 0 Å². The van der Waals surface area contributed by atoms with E-state index in [4.69, 9.17) is 5.73 Å². The van der Waals surface area contributed by atoms with Crippen LogP contribution in [0.15, 0.2) is 0 Å². The smallest absolute Gasteiger partial charge is 0.243 e. The van der Waals surface area contributed by atoms with E-state index >= 15 is 0 Å². The Balaban J connectivity index is 2.62. The van der Waals surface area contributed by atoms with Crippen molar-refractivity contribution in [2.24, 2.45) is 0 Å². The maximum absolute atomic E-state index is 11.3. The average Bonchev–Trinajstić information content (AvgIpc) is 2.65. The van der Waals surface area contributed by atoms with E-state index in [0.29, 0.717) is 5.95 Å². The fraction of sp³-hybridized carbons (Fsp3) is 0.778. The Kier molecular flexibility index (Phi) is 4.73. The summed E-state index contributed by atoms with van der Waals surface area (Å²) in [7, 11) is -3.01. The van der Waals surface area contributed by atoms with Crippen LogP contribution in [0.25, 0.3) is 0 Å². The third-order valence-corrected chi connectivity index (χ3v) is 3.97. The summed E-state index contributed by atoms with van der Waals surface area (Å²) < 4.78 is 24.1. The first-order chi connectivity index (χ1) is 7.98. The van der Waals surface area contributed by atoms with Crippen molar-refractivity contribution in [1.82, 2.24) is 14.8 Å². The maximum Gasteiger partial charge on any atom is 0.243 e. The highest BCUT2D eigenvalue weighted by Gasteiger charge is 2.11. The molecule has 1 aromatic heterocycles. The number of hydrogen-bond donors (Lipinski definition) is 2. The van der Waals surface area contributed by atoms with Crippen molar-refractivity contribution in [1.29, 1.82) is 0 Å². The van der Waals surface area contributed by atoms with Gasteiger partial charge >= 0.3 is 0 Å². The summed E-state index contributed by atoms with van der Waals surface area (Å²) in [5, 5.41) is 7.08. The van der Waals surface area contributed by atoms with Crippen molar-refractivity contribution in [3.63, 3.8) is 0 Å². The molecule has 0 radical (unpaired) electrons. The van der Waals surface area contributed by atoms with Crippen LogP contribution in [0.1, 0.15) is 20.3 Å². The van der Waals surface area contributed by atoms with Crippen molar-refractivity contribution < 1.29 is 8.42 Å². The lowest BCUT2D eigenvalue weighted by atomic mass is 10.5. The Morgan fingerprint density at radius 3 is 2.71 bits per heavy atom. The lowest BCUT2D eigenvalue weighted by molar-refractivity contribution is 0.583. The monoisotopic (exact) mass is 261 g/mol. The fourth-order valence-electron chi connectivity index (χ4n) is 1.20. The molecule has 0 aromatic carbocycles. The van der Waals surface area contributed by atoms with E-state index in [-0.39, 0.29) is 24.0 Å². The molecule has 0 aliphatic rings. The largest absolute Gasteiger partial charge is 0.368 e. The number of anilines is 2. The molecule has 0 saturated heterocycles.